The summed E-state index contributed by atoms with van der Waals surface area (Å²) in [7, 11) is 0. The van der Waals surface area contributed by atoms with Gasteiger partial charge < -0.3 is 10.3 Å². The first-order valence-corrected chi connectivity index (χ1v) is 7.68. The Bertz CT molecular complexity index is 517. The van der Waals surface area contributed by atoms with Crippen LogP contribution < -0.4 is 5.32 Å². The van der Waals surface area contributed by atoms with Crippen LogP contribution in [0.4, 0.5) is 0 Å². The number of hydrogen-bond donors (Lipinski definition) is 2. The van der Waals surface area contributed by atoms with Crippen molar-refractivity contribution < 1.29 is 0 Å². The Morgan fingerprint density at radius 2 is 2.10 bits per heavy atom. The lowest BCUT2D eigenvalue weighted by Gasteiger charge is -2.18. The number of hydrogen-bond acceptors (Lipinski definition) is 2. The van der Waals surface area contributed by atoms with Gasteiger partial charge in [-0.2, -0.15) is 0 Å². The summed E-state index contributed by atoms with van der Waals surface area (Å²) in [6.07, 6.45) is 8.45. The minimum absolute atomic E-state index is 0.476. The fourth-order valence-corrected chi connectivity index (χ4v) is 2.73. The Labute approximate surface area is 124 Å². The molecule has 1 heterocycles. The Hall–Kier alpha value is -1.32. The van der Waals surface area contributed by atoms with Gasteiger partial charge >= 0.3 is 0 Å². The van der Waals surface area contributed by atoms with Crippen molar-refractivity contribution >= 4 is 11.6 Å². The molecule has 0 radical (unpaired) electrons. The lowest BCUT2D eigenvalue weighted by molar-refractivity contribution is 0.474. The first kappa shape index (κ1) is 13.7. The normalized spacial score (nSPS) is 16.2. The Balaban J connectivity index is 1.51. The first-order chi connectivity index (χ1) is 9.83. The van der Waals surface area contributed by atoms with E-state index in [4.69, 9.17) is 11.6 Å². The number of nitrogens with zero attached hydrogens (tertiary/aromatic N) is 1. The van der Waals surface area contributed by atoms with Gasteiger partial charge in [0.2, 0.25) is 0 Å². The van der Waals surface area contributed by atoms with Crippen LogP contribution in [-0.2, 0) is 6.42 Å². The number of aryl methyl sites for hydroxylation is 1. The van der Waals surface area contributed by atoms with Crippen LogP contribution in [0.1, 0.15) is 36.7 Å². The van der Waals surface area contributed by atoms with Crippen LogP contribution in [0.3, 0.4) is 0 Å². The highest BCUT2D eigenvalue weighted by molar-refractivity contribution is 6.30. The smallest absolute Gasteiger partial charge is 0.106 e. The highest BCUT2D eigenvalue weighted by Crippen LogP contribution is 2.41. The van der Waals surface area contributed by atoms with Crippen molar-refractivity contribution in [2.45, 2.75) is 31.7 Å². The molecule has 4 heteroatoms. The van der Waals surface area contributed by atoms with E-state index in [9.17, 15) is 0 Å². The summed E-state index contributed by atoms with van der Waals surface area (Å²) in [5.74, 6) is 1.86. The summed E-state index contributed by atoms with van der Waals surface area (Å²) in [5.41, 5.74) is 1.36. The predicted molar refractivity (Wildman–Crippen MR) is 81.8 cm³/mol. The number of imidazole rings is 1. The van der Waals surface area contributed by atoms with Gasteiger partial charge in [0.1, 0.15) is 5.82 Å². The monoisotopic (exact) mass is 289 g/mol. The van der Waals surface area contributed by atoms with Gasteiger partial charge in [0, 0.05) is 29.9 Å². The van der Waals surface area contributed by atoms with Crippen molar-refractivity contribution in [2.75, 3.05) is 6.54 Å². The van der Waals surface area contributed by atoms with Gasteiger partial charge in [-0.3, -0.25) is 0 Å². The zero-order valence-electron chi connectivity index (χ0n) is 11.5. The molecule has 2 aromatic rings. The highest BCUT2D eigenvalue weighted by atomic mass is 35.5. The van der Waals surface area contributed by atoms with Crippen molar-refractivity contribution in [1.29, 1.82) is 0 Å². The molecule has 0 saturated heterocycles. The van der Waals surface area contributed by atoms with Crippen molar-refractivity contribution in [3.05, 3.63) is 53.1 Å². The van der Waals surface area contributed by atoms with E-state index < -0.39 is 0 Å². The standard InChI is InChI=1S/C16H20ClN3/c17-14-7-5-13(6-8-14)16(12-3-4-12)20-9-1-2-15-18-10-11-19-15/h5-8,10-12,16,20H,1-4,9H2,(H,18,19). The van der Waals surface area contributed by atoms with Gasteiger partial charge in [0.15, 0.2) is 0 Å². The summed E-state index contributed by atoms with van der Waals surface area (Å²) < 4.78 is 0. The summed E-state index contributed by atoms with van der Waals surface area (Å²) in [4.78, 5) is 7.39. The van der Waals surface area contributed by atoms with Crippen molar-refractivity contribution in [3.8, 4) is 0 Å². The van der Waals surface area contributed by atoms with E-state index in [0.717, 1.165) is 36.2 Å². The number of halogens is 1. The average molecular weight is 290 g/mol. The quantitative estimate of drug-likeness (QED) is 0.763. The number of nitrogens with one attached hydrogen (secondary N) is 2. The molecule has 1 aliphatic carbocycles. The Morgan fingerprint density at radius 1 is 1.30 bits per heavy atom. The fraction of sp³-hybridized carbons (Fsp3) is 0.438. The van der Waals surface area contributed by atoms with Gasteiger partial charge in [-0.15, -0.1) is 0 Å². The highest BCUT2D eigenvalue weighted by Gasteiger charge is 2.31. The lowest BCUT2D eigenvalue weighted by atomic mass is 10.0. The van der Waals surface area contributed by atoms with Gasteiger partial charge in [-0.25, -0.2) is 4.98 Å². The molecule has 106 valence electrons. The average Bonchev–Trinajstić information content (AvgIpc) is 3.16. The van der Waals surface area contributed by atoms with Crippen LogP contribution in [0, 0.1) is 5.92 Å². The van der Waals surface area contributed by atoms with Crippen LogP contribution in [0.25, 0.3) is 0 Å². The van der Waals surface area contributed by atoms with E-state index in [1.807, 2.05) is 24.5 Å². The predicted octanol–water partition coefficient (Wildman–Crippen LogP) is 3.74. The van der Waals surface area contributed by atoms with E-state index in [1.54, 1.807) is 0 Å². The third-order valence-corrected chi connectivity index (χ3v) is 4.08. The molecular weight excluding hydrogens is 270 g/mol. The number of benzene rings is 1. The van der Waals surface area contributed by atoms with Gasteiger partial charge in [0.25, 0.3) is 0 Å². The Kier molecular flexibility index (Phi) is 4.38. The molecule has 0 spiro atoms. The molecule has 1 fully saturated rings. The van der Waals surface area contributed by atoms with E-state index in [0.29, 0.717) is 6.04 Å². The molecule has 2 N–H and O–H groups in total. The number of aromatic nitrogens is 2. The second-order valence-corrected chi connectivity index (χ2v) is 5.90. The van der Waals surface area contributed by atoms with E-state index >= 15 is 0 Å². The molecule has 1 unspecified atom stereocenters. The molecule has 1 aromatic carbocycles. The summed E-state index contributed by atoms with van der Waals surface area (Å²) in [6, 6.07) is 8.73. The third kappa shape index (κ3) is 3.62. The molecule has 3 rings (SSSR count). The van der Waals surface area contributed by atoms with Crippen molar-refractivity contribution in [2.24, 2.45) is 5.92 Å². The molecule has 1 aliphatic rings. The van der Waals surface area contributed by atoms with Crippen LogP contribution in [-0.4, -0.2) is 16.5 Å². The van der Waals surface area contributed by atoms with Gasteiger partial charge in [-0.05, 0) is 49.4 Å². The minimum atomic E-state index is 0.476. The number of aromatic amines is 1. The molecule has 20 heavy (non-hydrogen) atoms. The number of rotatable bonds is 7. The molecule has 0 amide bonds. The maximum atomic E-state index is 5.96. The second kappa shape index (κ2) is 6.42. The minimum Gasteiger partial charge on any atom is -0.349 e. The van der Waals surface area contributed by atoms with E-state index in [1.165, 1.54) is 18.4 Å². The molecule has 0 aliphatic heterocycles. The maximum Gasteiger partial charge on any atom is 0.106 e. The van der Waals surface area contributed by atoms with Crippen LogP contribution in [0.2, 0.25) is 5.02 Å². The SMILES string of the molecule is Clc1ccc(C(NCCCc2ncc[nH]2)C2CC2)cc1. The third-order valence-electron chi connectivity index (χ3n) is 3.83. The summed E-state index contributed by atoms with van der Waals surface area (Å²) in [5, 5.41) is 4.50. The van der Waals surface area contributed by atoms with Gasteiger partial charge in [-0.1, -0.05) is 23.7 Å². The van der Waals surface area contributed by atoms with Crippen LogP contribution >= 0.6 is 11.6 Å². The maximum absolute atomic E-state index is 5.96. The largest absolute Gasteiger partial charge is 0.349 e. The molecule has 3 nitrogen and oxygen atoms in total. The molecule has 0 bridgehead atoms. The number of H-pyrrole nitrogens is 1. The van der Waals surface area contributed by atoms with Crippen LogP contribution in [0.5, 0.6) is 0 Å². The second-order valence-electron chi connectivity index (χ2n) is 5.46. The molecule has 1 atom stereocenters. The zero-order valence-corrected chi connectivity index (χ0v) is 12.2. The van der Waals surface area contributed by atoms with E-state index in [2.05, 4.69) is 27.4 Å². The van der Waals surface area contributed by atoms with Gasteiger partial charge in [0.05, 0.1) is 0 Å². The Morgan fingerprint density at radius 3 is 2.75 bits per heavy atom. The zero-order chi connectivity index (χ0) is 13.8. The molecule has 1 saturated carbocycles. The summed E-state index contributed by atoms with van der Waals surface area (Å²) in [6.45, 7) is 1.02. The topological polar surface area (TPSA) is 40.7 Å². The lowest BCUT2D eigenvalue weighted by Crippen LogP contribution is -2.24. The van der Waals surface area contributed by atoms with E-state index in [-0.39, 0.29) is 0 Å². The van der Waals surface area contributed by atoms with Crippen molar-refractivity contribution in [1.82, 2.24) is 15.3 Å². The first-order valence-electron chi connectivity index (χ1n) is 7.30. The van der Waals surface area contributed by atoms with Crippen molar-refractivity contribution in [3.63, 3.8) is 0 Å². The van der Waals surface area contributed by atoms with Crippen LogP contribution in [0.15, 0.2) is 36.7 Å². The molecular formula is C16H20ClN3. The summed E-state index contributed by atoms with van der Waals surface area (Å²) >= 11 is 5.96. The molecule has 1 aromatic heterocycles. The fourth-order valence-electron chi connectivity index (χ4n) is 2.60.